The molecule has 0 aliphatic carbocycles. The number of hydrogen-bond acceptors (Lipinski definition) is 3. The van der Waals surface area contributed by atoms with E-state index in [-0.39, 0.29) is 11.8 Å². The van der Waals surface area contributed by atoms with Gasteiger partial charge in [-0.2, -0.15) is 0 Å². The summed E-state index contributed by atoms with van der Waals surface area (Å²) in [7, 11) is 0. The Morgan fingerprint density at radius 3 is 2.63 bits per heavy atom. The van der Waals surface area contributed by atoms with Gasteiger partial charge in [-0.15, -0.1) is 11.8 Å². The van der Waals surface area contributed by atoms with Gasteiger partial charge in [-0.25, -0.2) is 0 Å². The molecule has 0 saturated carbocycles. The molecule has 5 heteroatoms. The fourth-order valence-corrected chi connectivity index (χ4v) is 4.06. The largest absolute Gasteiger partial charge is 0.352 e. The van der Waals surface area contributed by atoms with Crippen LogP contribution in [-0.2, 0) is 11.3 Å². The summed E-state index contributed by atoms with van der Waals surface area (Å²) in [5.74, 6) is 0.552. The Hall–Kier alpha value is -2.27. The molecule has 1 heterocycles. The lowest BCUT2D eigenvalue weighted by atomic mass is 10.1. The van der Waals surface area contributed by atoms with E-state index in [1.54, 1.807) is 11.8 Å². The van der Waals surface area contributed by atoms with Crippen LogP contribution in [0.25, 0.3) is 0 Å². The molecule has 27 heavy (non-hydrogen) atoms. The first-order chi connectivity index (χ1) is 13.2. The van der Waals surface area contributed by atoms with E-state index in [0.717, 1.165) is 35.5 Å². The first-order valence-corrected chi connectivity index (χ1v) is 10.6. The molecule has 2 aromatic carbocycles. The third-order valence-corrected chi connectivity index (χ3v) is 5.73. The van der Waals surface area contributed by atoms with Crippen LogP contribution in [0.5, 0.6) is 0 Å². The number of para-hydroxylation sites is 1. The van der Waals surface area contributed by atoms with Crippen LogP contribution in [0.4, 0.5) is 5.69 Å². The normalized spacial score (nSPS) is 13.4. The minimum absolute atomic E-state index is 0.0335. The molecule has 0 spiro atoms. The summed E-state index contributed by atoms with van der Waals surface area (Å²) >= 11 is 1.59. The van der Waals surface area contributed by atoms with E-state index in [2.05, 4.69) is 12.2 Å². The first kappa shape index (κ1) is 19.5. The van der Waals surface area contributed by atoms with Gasteiger partial charge in [0.15, 0.2) is 0 Å². The number of thioether (sulfide) groups is 1. The van der Waals surface area contributed by atoms with Crippen molar-refractivity contribution in [1.82, 2.24) is 5.32 Å². The van der Waals surface area contributed by atoms with Gasteiger partial charge in [0.25, 0.3) is 5.91 Å². The lowest BCUT2D eigenvalue weighted by molar-refractivity contribution is -0.116. The molecule has 0 bridgehead atoms. The predicted octanol–water partition coefficient (Wildman–Crippen LogP) is 4.64. The summed E-state index contributed by atoms with van der Waals surface area (Å²) in [5, 5.41) is 2.97. The van der Waals surface area contributed by atoms with E-state index in [1.165, 1.54) is 12.8 Å². The lowest BCUT2D eigenvalue weighted by Crippen LogP contribution is -2.34. The summed E-state index contributed by atoms with van der Waals surface area (Å²) in [6, 6.07) is 15.5. The topological polar surface area (TPSA) is 49.4 Å². The molecule has 0 fully saturated rings. The van der Waals surface area contributed by atoms with Crippen molar-refractivity contribution >= 4 is 29.3 Å². The number of nitrogens with zero attached hydrogens (tertiary/aromatic N) is 1. The average molecular weight is 383 g/mol. The van der Waals surface area contributed by atoms with E-state index in [9.17, 15) is 9.59 Å². The van der Waals surface area contributed by atoms with Crippen molar-refractivity contribution in [2.45, 2.75) is 44.0 Å². The van der Waals surface area contributed by atoms with Crippen LogP contribution in [0.3, 0.4) is 0 Å². The zero-order valence-corrected chi connectivity index (χ0v) is 16.6. The summed E-state index contributed by atoms with van der Waals surface area (Å²) in [6.45, 7) is 3.42. The van der Waals surface area contributed by atoms with Gasteiger partial charge in [0.2, 0.25) is 5.91 Å². The van der Waals surface area contributed by atoms with Crippen molar-refractivity contribution in [3.05, 3.63) is 59.7 Å². The Bertz CT molecular complexity index is 789. The number of fused-ring (bicyclic) bond motifs is 1. The fourth-order valence-electron chi connectivity index (χ4n) is 3.13. The maximum absolute atomic E-state index is 12.4. The summed E-state index contributed by atoms with van der Waals surface area (Å²) in [6.07, 6.45) is 4.57. The molecule has 1 aliphatic rings. The SMILES string of the molecule is CCCCCCNC(=O)c1ccc(CN2C(=O)CSc3ccccc32)cc1. The lowest BCUT2D eigenvalue weighted by Gasteiger charge is -2.29. The molecule has 1 N–H and O–H groups in total. The van der Waals surface area contributed by atoms with Crippen LogP contribution in [0.2, 0.25) is 0 Å². The van der Waals surface area contributed by atoms with E-state index < -0.39 is 0 Å². The Morgan fingerprint density at radius 2 is 1.85 bits per heavy atom. The minimum atomic E-state index is -0.0335. The number of benzene rings is 2. The highest BCUT2D eigenvalue weighted by Gasteiger charge is 2.24. The number of carbonyl (C=O) groups is 2. The molecule has 0 atom stereocenters. The molecule has 2 amide bonds. The van der Waals surface area contributed by atoms with Gasteiger partial charge in [-0.1, -0.05) is 50.5 Å². The maximum Gasteiger partial charge on any atom is 0.251 e. The Morgan fingerprint density at radius 1 is 1.07 bits per heavy atom. The van der Waals surface area contributed by atoms with Crippen LogP contribution >= 0.6 is 11.8 Å². The number of unbranched alkanes of at least 4 members (excludes halogenated alkanes) is 3. The van der Waals surface area contributed by atoms with Crippen LogP contribution in [0.1, 0.15) is 48.5 Å². The van der Waals surface area contributed by atoms with Gasteiger partial charge in [0, 0.05) is 17.0 Å². The van der Waals surface area contributed by atoms with Crippen molar-refractivity contribution in [2.75, 3.05) is 17.2 Å². The second kappa shape index (κ2) is 9.60. The molecular formula is C22H26N2O2S. The van der Waals surface area contributed by atoms with Crippen molar-refractivity contribution < 1.29 is 9.59 Å². The van der Waals surface area contributed by atoms with Gasteiger partial charge in [-0.3, -0.25) is 9.59 Å². The van der Waals surface area contributed by atoms with Gasteiger partial charge < -0.3 is 10.2 Å². The zero-order valence-electron chi connectivity index (χ0n) is 15.7. The average Bonchev–Trinajstić information content (AvgIpc) is 2.70. The van der Waals surface area contributed by atoms with Crippen molar-refractivity contribution in [3.8, 4) is 0 Å². The Balaban J connectivity index is 1.59. The highest BCUT2D eigenvalue weighted by atomic mass is 32.2. The van der Waals surface area contributed by atoms with E-state index in [0.29, 0.717) is 17.9 Å². The maximum atomic E-state index is 12.4. The monoisotopic (exact) mass is 382 g/mol. The molecule has 0 radical (unpaired) electrons. The molecule has 0 aromatic heterocycles. The molecule has 0 unspecified atom stereocenters. The number of amides is 2. The number of hydrogen-bond donors (Lipinski definition) is 1. The third kappa shape index (κ3) is 5.13. The van der Waals surface area contributed by atoms with Gasteiger partial charge in [0.1, 0.15) is 0 Å². The fraction of sp³-hybridized carbons (Fsp3) is 0.364. The Kier molecular flexibility index (Phi) is 6.93. The summed E-state index contributed by atoms with van der Waals surface area (Å²) < 4.78 is 0. The van der Waals surface area contributed by atoms with Crippen molar-refractivity contribution in [2.24, 2.45) is 0 Å². The number of anilines is 1. The molecule has 142 valence electrons. The Labute approximate surface area is 165 Å². The predicted molar refractivity (Wildman–Crippen MR) is 111 cm³/mol. The van der Waals surface area contributed by atoms with Crippen LogP contribution in [-0.4, -0.2) is 24.1 Å². The molecule has 1 aliphatic heterocycles. The van der Waals surface area contributed by atoms with E-state index in [4.69, 9.17) is 0 Å². The van der Waals surface area contributed by atoms with Gasteiger partial charge in [-0.05, 0) is 36.2 Å². The van der Waals surface area contributed by atoms with Crippen molar-refractivity contribution in [1.29, 1.82) is 0 Å². The van der Waals surface area contributed by atoms with E-state index >= 15 is 0 Å². The number of carbonyl (C=O) groups excluding carboxylic acids is 2. The smallest absolute Gasteiger partial charge is 0.251 e. The minimum Gasteiger partial charge on any atom is -0.352 e. The standard InChI is InChI=1S/C22H26N2O2S/c1-2-3-4-7-14-23-22(26)18-12-10-17(11-13-18)15-24-19-8-5-6-9-20(19)27-16-21(24)25/h5-6,8-13H,2-4,7,14-16H2,1H3,(H,23,26). The highest BCUT2D eigenvalue weighted by molar-refractivity contribution is 8.00. The molecular weight excluding hydrogens is 356 g/mol. The second-order valence-corrected chi connectivity index (χ2v) is 7.77. The van der Waals surface area contributed by atoms with Crippen LogP contribution in [0, 0.1) is 0 Å². The van der Waals surface area contributed by atoms with Crippen molar-refractivity contribution in [3.63, 3.8) is 0 Å². The second-order valence-electron chi connectivity index (χ2n) is 6.75. The quantitative estimate of drug-likeness (QED) is 0.677. The third-order valence-electron chi connectivity index (χ3n) is 4.68. The molecule has 4 nitrogen and oxygen atoms in total. The summed E-state index contributed by atoms with van der Waals surface area (Å²) in [4.78, 5) is 27.6. The van der Waals surface area contributed by atoms with Gasteiger partial charge in [0.05, 0.1) is 18.0 Å². The number of nitrogens with one attached hydrogen (secondary N) is 1. The molecule has 2 aromatic rings. The van der Waals surface area contributed by atoms with E-state index in [1.807, 2.05) is 53.4 Å². The number of rotatable bonds is 8. The molecule has 0 saturated heterocycles. The first-order valence-electron chi connectivity index (χ1n) is 9.58. The zero-order chi connectivity index (χ0) is 19.1. The highest BCUT2D eigenvalue weighted by Crippen LogP contribution is 2.35. The van der Waals surface area contributed by atoms with Crippen LogP contribution < -0.4 is 10.2 Å². The summed E-state index contributed by atoms with van der Waals surface area (Å²) in [5.41, 5.74) is 2.65. The van der Waals surface area contributed by atoms with Crippen LogP contribution in [0.15, 0.2) is 53.4 Å². The van der Waals surface area contributed by atoms with Gasteiger partial charge >= 0.3 is 0 Å². The molecule has 3 rings (SSSR count).